The van der Waals surface area contributed by atoms with E-state index in [9.17, 15) is 13.2 Å². The summed E-state index contributed by atoms with van der Waals surface area (Å²) in [7, 11) is 1.67. The van der Waals surface area contributed by atoms with Gasteiger partial charge in [0.25, 0.3) is 0 Å². The molecule has 0 spiro atoms. The quantitative estimate of drug-likeness (QED) is 0.738. The van der Waals surface area contributed by atoms with Crippen LogP contribution in [0.4, 0.5) is 18.9 Å². The molecule has 0 fully saturated rings. The van der Waals surface area contributed by atoms with Gasteiger partial charge in [-0.05, 0) is 37.6 Å². The molecule has 0 aliphatic carbocycles. The summed E-state index contributed by atoms with van der Waals surface area (Å²) in [6.07, 6.45) is -3.87. The second-order valence-corrected chi connectivity index (χ2v) is 6.02. The van der Waals surface area contributed by atoms with Crippen LogP contribution >= 0.6 is 15.9 Å². The van der Waals surface area contributed by atoms with Crippen LogP contribution in [-0.4, -0.2) is 26.3 Å². The van der Waals surface area contributed by atoms with Crippen molar-refractivity contribution in [3.8, 4) is 0 Å². The van der Waals surface area contributed by atoms with Gasteiger partial charge in [0, 0.05) is 29.8 Å². The number of hydrogen-bond acceptors (Lipinski definition) is 2. The molecule has 0 heterocycles. The maximum atomic E-state index is 12.3. The van der Waals surface area contributed by atoms with Gasteiger partial charge in [-0.3, -0.25) is 0 Å². The average Bonchev–Trinajstić information content (AvgIpc) is 2.41. The second kappa shape index (κ2) is 8.03. The fourth-order valence-electron chi connectivity index (χ4n) is 2.00. The minimum Gasteiger partial charge on any atom is -0.374 e. The summed E-state index contributed by atoms with van der Waals surface area (Å²) in [5.41, 5.74) is 1.88. The molecule has 6 heteroatoms. The maximum absolute atomic E-state index is 12.3. The Bertz CT molecular complexity index is 449. The first-order chi connectivity index (χ1) is 9.74. The Labute approximate surface area is 132 Å². The summed E-state index contributed by atoms with van der Waals surface area (Å²) in [6, 6.07) is 5.89. The highest BCUT2D eigenvalue weighted by molar-refractivity contribution is 9.10. The highest BCUT2D eigenvalue weighted by atomic mass is 79.9. The number of rotatable bonds is 7. The van der Waals surface area contributed by atoms with E-state index in [1.54, 1.807) is 11.9 Å². The zero-order valence-electron chi connectivity index (χ0n) is 12.6. The van der Waals surface area contributed by atoms with Gasteiger partial charge in [0.15, 0.2) is 0 Å². The molecule has 21 heavy (non-hydrogen) atoms. The predicted molar refractivity (Wildman–Crippen MR) is 84.8 cm³/mol. The molecule has 0 amide bonds. The van der Waals surface area contributed by atoms with E-state index in [-0.39, 0.29) is 12.6 Å². The van der Waals surface area contributed by atoms with Gasteiger partial charge in [-0.1, -0.05) is 28.9 Å². The first-order valence-electron chi connectivity index (χ1n) is 7.05. The van der Waals surface area contributed by atoms with Crippen LogP contribution in [0.3, 0.4) is 0 Å². The summed E-state index contributed by atoms with van der Waals surface area (Å²) >= 11 is 3.51. The Balaban J connectivity index is 2.72. The van der Waals surface area contributed by atoms with E-state index in [1.165, 1.54) is 0 Å². The van der Waals surface area contributed by atoms with Crippen molar-refractivity contribution >= 4 is 21.6 Å². The lowest BCUT2D eigenvalue weighted by Crippen LogP contribution is -2.24. The number of hydrogen-bond donors (Lipinski definition) is 1. The molecule has 1 unspecified atom stereocenters. The van der Waals surface area contributed by atoms with Gasteiger partial charge < -0.3 is 10.2 Å². The fraction of sp³-hybridized carbons (Fsp3) is 0.600. The second-order valence-electron chi connectivity index (χ2n) is 5.17. The Kier molecular flexibility index (Phi) is 7.00. The van der Waals surface area contributed by atoms with Gasteiger partial charge in [0.1, 0.15) is 0 Å². The Hall–Kier alpha value is -0.750. The molecule has 0 saturated carbocycles. The molecule has 0 aromatic heterocycles. The summed E-state index contributed by atoms with van der Waals surface area (Å²) in [6.45, 7) is 5.07. The number of halogens is 4. The standard InChI is InChI=1S/C15H22BrF3N2/c1-4-8-20-11(2)13-6-5-12(10-14(13)16)21(3)9-7-15(17,18)19/h5-6,10-11,20H,4,7-9H2,1-3H3. The zero-order valence-corrected chi connectivity index (χ0v) is 14.2. The average molecular weight is 367 g/mol. The first kappa shape index (κ1) is 18.3. The number of nitrogens with zero attached hydrogens (tertiary/aromatic N) is 1. The van der Waals surface area contributed by atoms with Crippen molar-refractivity contribution in [3.05, 3.63) is 28.2 Å². The lowest BCUT2D eigenvalue weighted by molar-refractivity contribution is -0.132. The van der Waals surface area contributed by atoms with E-state index >= 15 is 0 Å². The maximum Gasteiger partial charge on any atom is 0.390 e. The van der Waals surface area contributed by atoms with Crippen LogP contribution in [0, 0.1) is 0 Å². The lowest BCUT2D eigenvalue weighted by atomic mass is 10.1. The molecule has 1 aromatic rings. The first-order valence-corrected chi connectivity index (χ1v) is 7.84. The van der Waals surface area contributed by atoms with E-state index in [0.717, 1.165) is 28.7 Å². The number of nitrogens with one attached hydrogen (secondary N) is 1. The molecule has 1 atom stereocenters. The molecular formula is C15H22BrF3N2. The summed E-state index contributed by atoms with van der Waals surface area (Å²) in [4.78, 5) is 1.62. The van der Waals surface area contributed by atoms with Gasteiger partial charge in [-0.2, -0.15) is 13.2 Å². The van der Waals surface area contributed by atoms with Gasteiger partial charge in [0.05, 0.1) is 6.42 Å². The molecule has 0 radical (unpaired) electrons. The minimum atomic E-state index is -4.12. The molecule has 0 aliphatic rings. The summed E-state index contributed by atoms with van der Waals surface area (Å²) < 4.78 is 37.7. The van der Waals surface area contributed by atoms with Crippen molar-refractivity contribution in [2.24, 2.45) is 0 Å². The highest BCUT2D eigenvalue weighted by Gasteiger charge is 2.27. The zero-order chi connectivity index (χ0) is 16.0. The van der Waals surface area contributed by atoms with E-state index in [1.807, 2.05) is 18.2 Å². The lowest BCUT2D eigenvalue weighted by Gasteiger charge is -2.22. The number of benzene rings is 1. The van der Waals surface area contributed by atoms with Crippen LogP contribution in [0.15, 0.2) is 22.7 Å². The minimum absolute atomic E-state index is 0.0427. The van der Waals surface area contributed by atoms with Gasteiger partial charge in [-0.25, -0.2) is 0 Å². The molecule has 1 rings (SSSR count). The molecule has 1 aromatic carbocycles. The van der Waals surface area contributed by atoms with Gasteiger partial charge in [0.2, 0.25) is 0 Å². The Morgan fingerprint density at radius 2 is 2.00 bits per heavy atom. The van der Waals surface area contributed by atoms with Crippen LogP contribution in [-0.2, 0) is 0 Å². The van der Waals surface area contributed by atoms with Crippen LogP contribution in [0.2, 0.25) is 0 Å². The van der Waals surface area contributed by atoms with Crippen LogP contribution in [0.25, 0.3) is 0 Å². The number of anilines is 1. The summed E-state index contributed by atoms with van der Waals surface area (Å²) in [5.74, 6) is 0. The SMILES string of the molecule is CCCNC(C)c1ccc(N(C)CCC(F)(F)F)cc1Br. The summed E-state index contributed by atoms with van der Waals surface area (Å²) in [5, 5.41) is 3.39. The van der Waals surface area contributed by atoms with Crippen molar-refractivity contribution in [1.82, 2.24) is 5.32 Å². The van der Waals surface area contributed by atoms with Crippen LogP contribution in [0.1, 0.15) is 38.3 Å². The smallest absolute Gasteiger partial charge is 0.374 e. The van der Waals surface area contributed by atoms with Crippen molar-refractivity contribution in [2.75, 3.05) is 25.0 Å². The Morgan fingerprint density at radius 1 is 1.33 bits per heavy atom. The third kappa shape index (κ3) is 6.26. The number of alkyl halides is 3. The van der Waals surface area contributed by atoms with Crippen LogP contribution < -0.4 is 10.2 Å². The highest BCUT2D eigenvalue weighted by Crippen LogP contribution is 2.29. The van der Waals surface area contributed by atoms with Gasteiger partial charge in [-0.15, -0.1) is 0 Å². The molecule has 1 N–H and O–H groups in total. The Morgan fingerprint density at radius 3 is 2.52 bits per heavy atom. The largest absolute Gasteiger partial charge is 0.390 e. The topological polar surface area (TPSA) is 15.3 Å². The molecule has 0 bridgehead atoms. The third-order valence-corrected chi connectivity index (χ3v) is 4.01. The molecule has 120 valence electrons. The van der Waals surface area contributed by atoms with Crippen molar-refractivity contribution in [1.29, 1.82) is 0 Å². The van der Waals surface area contributed by atoms with E-state index in [4.69, 9.17) is 0 Å². The van der Waals surface area contributed by atoms with Gasteiger partial charge >= 0.3 is 6.18 Å². The van der Waals surface area contributed by atoms with E-state index in [0.29, 0.717) is 0 Å². The van der Waals surface area contributed by atoms with Crippen molar-refractivity contribution < 1.29 is 13.2 Å². The van der Waals surface area contributed by atoms with Crippen molar-refractivity contribution in [3.63, 3.8) is 0 Å². The van der Waals surface area contributed by atoms with E-state index < -0.39 is 12.6 Å². The molecular weight excluding hydrogens is 345 g/mol. The third-order valence-electron chi connectivity index (χ3n) is 3.32. The van der Waals surface area contributed by atoms with E-state index in [2.05, 4.69) is 35.1 Å². The predicted octanol–water partition coefficient (Wildman–Crippen LogP) is 4.90. The monoisotopic (exact) mass is 366 g/mol. The van der Waals surface area contributed by atoms with Crippen LogP contribution in [0.5, 0.6) is 0 Å². The molecule has 0 saturated heterocycles. The normalized spacial score (nSPS) is 13.3. The fourth-order valence-corrected chi connectivity index (χ4v) is 2.71. The molecule has 2 nitrogen and oxygen atoms in total. The van der Waals surface area contributed by atoms with Crippen molar-refractivity contribution in [2.45, 2.75) is 38.9 Å². The molecule has 0 aliphatic heterocycles.